The third kappa shape index (κ3) is 4.00. The summed E-state index contributed by atoms with van der Waals surface area (Å²) in [4.78, 5) is 25.2. The van der Waals surface area contributed by atoms with Crippen LogP contribution in [0.25, 0.3) is 0 Å². The summed E-state index contributed by atoms with van der Waals surface area (Å²) in [6, 6.07) is 17.5. The number of benzene rings is 2. The minimum Gasteiger partial charge on any atom is -0.344 e. The van der Waals surface area contributed by atoms with Crippen LogP contribution in [0.5, 0.6) is 0 Å². The zero-order valence-electron chi connectivity index (χ0n) is 16.2. The average molecular weight is 360 g/mol. The predicted molar refractivity (Wildman–Crippen MR) is 108 cm³/mol. The van der Waals surface area contributed by atoms with Crippen molar-refractivity contribution >= 4 is 17.4 Å². The Balaban J connectivity index is 1.81. The molecule has 0 fully saturated rings. The lowest BCUT2D eigenvalue weighted by Gasteiger charge is -2.10. The van der Waals surface area contributed by atoms with Gasteiger partial charge < -0.3 is 9.88 Å². The number of nitrogens with zero attached hydrogens (tertiary/aromatic N) is 1. The Kier molecular flexibility index (Phi) is 5.26. The molecule has 4 heteroatoms. The molecule has 0 spiro atoms. The predicted octanol–water partition coefficient (Wildman–Crippen LogP) is 4.59. The van der Waals surface area contributed by atoms with Gasteiger partial charge in [-0.3, -0.25) is 9.59 Å². The smallest absolute Gasteiger partial charge is 0.296 e. The molecule has 0 aliphatic heterocycles. The molecule has 0 bridgehead atoms. The zero-order chi connectivity index (χ0) is 19.6. The van der Waals surface area contributed by atoms with Gasteiger partial charge in [-0.15, -0.1) is 0 Å². The van der Waals surface area contributed by atoms with E-state index in [1.807, 2.05) is 76.2 Å². The lowest BCUT2D eigenvalue weighted by atomic mass is 10.1. The first-order chi connectivity index (χ1) is 12.9. The normalized spacial score (nSPS) is 10.7. The Morgan fingerprint density at radius 2 is 1.59 bits per heavy atom. The summed E-state index contributed by atoms with van der Waals surface area (Å²) in [5.74, 6) is -1.13. The van der Waals surface area contributed by atoms with E-state index in [-0.39, 0.29) is 0 Å². The number of ketones is 1. The fraction of sp³-hybridized carbons (Fsp3) is 0.217. The Labute approximate surface area is 159 Å². The van der Waals surface area contributed by atoms with E-state index < -0.39 is 11.7 Å². The van der Waals surface area contributed by atoms with Crippen molar-refractivity contribution in [1.29, 1.82) is 0 Å². The summed E-state index contributed by atoms with van der Waals surface area (Å²) in [7, 11) is 0. The molecule has 3 rings (SSSR count). The molecule has 0 radical (unpaired) electrons. The molecule has 2 aromatic carbocycles. The summed E-state index contributed by atoms with van der Waals surface area (Å²) in [5.41, 5.74) is 6.21. The van der Waals surface area contributed by atoms with Gasteiger partial charge >= 0.3 is 0 Å². The van der Waals surface area contributed by atoms with Crippen molar-refractivity contribution in [3.05, 3.63) is 88.2 Å². The highest BCUT2D eigenvalue weighted by Gasteiger charge is 2.22. The Morgan fingerprint density at radius 1 is 0.889 bits per heavy atom. The highest BCUT2D eigenvalue weighted by molar-refractivity contribution is 6.46. The van der Waals surface area contributed by atoms with Crippen molar-refractivity contribution in [2.24, 2.45) is 0 Å². The summed E-state index contributed by atoms with van der Waals surface area (Å²) in [5, 5.41) is 2.72. The Bertz CT molecular complexity index is 1000. The van der Waals surface area contributed by atoms with Crippen molar-refractivity contribution in [2.45, 2.75) is 34.2 Å². The minimum atomic E-state index is -0.613. The number of carbonyl (C=O) groups is 2. The number of hydrogen-bond acceptors (Lipinski definition) is 2. The maximum atomic E-state index is 12.7. The molecule has 1 amide bonds. The largest absolute Gasteiger partial charge is 0.344 e. The van der Waals surface area contributed by atoms with Crippen LogP contribution in [0.3, 0.4) is 0 Å². The van der Waals surface area contributed by atoms with Gasteiger partial charge in [-0.05, 0) is 62.6 Å². The number of anilines is 1. The molecule has 1 heterocycles. The molecule has 1 aromatic heterocycles. The van der Waals surface area contributed by atoms with Crippen LogP contribution in [-0.4, -0.2) is 16.3 Å². The number of rotatable bonds is 5. The zero-order valence-corrected chi connectivity index (χ0v) is 16.2. The maximum Gasteiger partial charge on any atom is 0.296 e. The first-order valence-electron chi connectivity index (χ1n) is 9.00. The van der Waals surface area contributed by atoms with Crippen molar-refractivity contribution in [2.75, 3.05) is 5.32 Å². The molecular formula is C23H24N2O2. The molecule has 3 aromatic rings. The van der Waals surface area contributed by atoms with Crippen LogP contribution in [0.1, 0.15) is 38.4 Å². The quantitative estimate of drug-likeness (QED) is 0.534. The fourth-order valence-corrected chi connectivity index (χ4v) is 3.17. The topological polar surface area (TPSA) is 51.1 Å². The second kappa shape index (κ2) is 7.62. The van der Waals surface area contributed by atoms with E-state index in [0.29, 0.717) is 17.8 Å². The average Bonchev–Trinajstić information content (AvgIpc) is 2.93. The van der Waals surface area contributed by atoms with Crippen LogP contribution in [0.4, 0.5) is 5.69 Å². The molecule has 0 unspecified atom stereocenters. The van der Waals surface area contributed by atoms with E-state index in [0.717, 1.165) is 28.1 Å². The van der Waals surface area contributed by atoms with Gasteiger partial charge in [0.25, 0.3) is 11.7 Å². The van der Waals surface area contributed by atoms with Crippen LogP contribution in [0.2, 0.25) is 0 Å². The van der Waals surface area contributed by atoms with E-state index in [2.05, 4.69) is 9.88 Å². The lowest BCUT2D eigenvalue weighted by Crippen LogP contribution is -2.23. The standard InChI is InChI=1S/C23H24N2O2/c1-15-10-11-20(12-16(15)2)24-23(27)22(26)21-13-17(3)25(18(21)4)14-19-8-6-5-7-9-19/h5-13H,14H2,1-4H3,(H,24,27). The highest BCUT2D eigenvalue weighted by Crippen LogP contribution is 2.19. The van der Waals surface area contributed by atoms with Gasteiger partial charge in [0.15, 0.2) is 0 Å². The molecule has 4 nitrogen and oxygen atoms in total. The van der Waals surface area contributed by atoms with Gasteiger partial charge in [0.05, 0.1) is 0 Å². The van der Waals surface area contributed by atoms with Crippen LogP contribution in [0, 0.1) is 27.7 Å². The fourth-order valence-electron chi connectivity index (χ4n) is 3.17. The lowest BCUT2D eigenvalue weighted by molar-refractivity contribution is -0.112. The van der Waals surface area contributed by atoms with Crippen LogP contribution in [-0.2, 0) is 11.3 Å². The van der Waals surface area contributed by atoms with Crippen molar-refractivity contribution in [1.82, 2.24) is 4.57 Å². The number of carbonyl (C=O) groups excluding carboxylic acids is 2. The van der Waals surface area contributed by atoms with Gasteiger partial charge in [-0.2, -0.15) is 0 Å². The highest BCUT2D eigenvalue weighted by atomic mass is 16.2. The van der Waals surface area contributed by atoms with Crippen LogP contribution in [0.15, 0.2) is 54.6 Å². The maximum absolute atomic E-state index is 12.7. The van der Waals surface area contributed by atoms with Gasteiger partial charge in [0, 0.05) is 29.2 Å². The SMILES string of the molecule is Cc1ccc(NC(=O)C(=O)c2cc(C)n(Cc3ccccc3)c2C)cc1C. The van der Waals surface area contributed by atoms with Gasteiger partial charge in [-0.25, -0.2) is 0 Å². The minimum absolute atomic E-state index is 0.449. The molecule has 0 saturated carbocycles. The molecule has 0 saturated heterocycles. The number of Topliss-reactive ketones (excluding diaryl/α,β-unsaturated/α-hetero) is 1. The number of amides is 1. The van der Waals surface area contributed by atoms with Crippen molar-refractivity contribution < 1.29 is 9.59 Å². The van der Waals surface area contributed by atoms with Gasteiger partial charge in [-0.1, -0.05) is 36.4 Å². The number of aromatic nitrogens is 1. The summed E-state index contributed by atoms with van der Waals surface area (Å²) >= 11 is 0. The molecule has 138 valence electrons. The van der Waals surface area contributed by atoms with E-state index in [9.17, 15) is 9.59 Å². The van der Waals surface area contributed by atoms with Crippen LogP contribution < -0.4 is 5.32 Å². The molecule has 0 atom stereocenters. The molecule has 0 aliphatic carbocycles. The van der Waals surface area contributed by atoms with Crippen molar-refractivity contribution in [3.8, 4) is 0 Å². The first-order valence-corrected chi connectivity index (χ1v) is 9.00. The summed E-state index contributed by atoms with van der Waals surface area (Å²) in [6.07, 6.45) is 0. The molecule has 0 aliphatic rings. The molecule has 27 heavy (non-hydrogen) atoms. The third-order valence-corrected chi connectivity index (χ3v) is 4.97. The summed E-state index contributed by atoms with van der Waals surface area (Å²) in [6.45, 7) is 8.49. The van der Waals surface area contributed by atoms with E-state index >= 15 is 0 Å². The second-order valence-electron chi connectivity index (χ2n) is 6.94. The second-order valence-corrected chi connectivity index (χ2v) is 6.94. The van der Waals surface area contributed by atoms with E-state index in [1.165, 1.54) is 0 Å². The molecular weight excluding hydrogens is 336 g/mol. The van der Waals surface area contributed by atoms with Crippen LogP contribution >= 0.6 is 0 Å². The monoisotopic (exact) mass is 360 g/mol. The van der Waals surface area contributed by atoms with Gasteiger partial charge in [0.1, 0.15) is 0 Å². The van der Waals surface area contributed by atoms with E-state index in [4.69, 9.17) is 0 Å². The van der Waals surface area contributed by atoms with Gasteiger partial charge in [0.2, 0.25) is 0 Å². The summed E-state index contributed by atoms with van der Waals surface area (Å²) < 4.78 is 2.06. The Hall–Kier alpha value is -3.14. The van der Waals surface area contributed by atoms with E-state index in [1.54, 1.807) is 6.07 Å². The Morgan fingerprint density at radius 3 is 2.26 bits per heavy atom. The van der Waals surface area contributed by atoms with Crippen molar-refractivity contribution in [3.63, 3.8) is 0 Å². The third-order valence-electron chi connectivity index (χ3n) is 4.97. The first kappa shape index (κ1) is 18.6. The number of hydrogen-bond donors (Lipinski definition) is 1. The number of aryl methyl sites for hydroxylation is 3. The molecule has 1 N–H and O–H groups in total. The number of nitrogens with one attached hydrogen (secondary N) is 1.